The van der Waals surface area contributed by atoms with Crippen LogP contribution >= 0.6 is 12.4 Å². The fourth-order valence-corrected chi connectivity index (χ4v) is 1.51. The zero-order chi connectivity index (χ0) is 19.9. The minimum atomic E-state index is -0.492. The number of rotatable bonds is 8. The Kier molecular flexibility index (Phi) is 19.0. The number of halogens is 1. The quantitative estimate of drug-likeness (QED) is 0.381. The van der Waals surface area contributed by atoms with Gasteiger partial charge in [0.2, 0.25) is 0 Å². The highest BCUT2D eigenvalue weighted by Gasteiger charge is 2.19. The number of amides is 1. The largest absolute Gasteiger partial charge is 0.469 e. The number of esters is 2. The van der Waals surface area contributed by atoms with Crippen molar-refractivity contribution in [3.05, 3.63) is 0 Å². The van der Waals surface area contributed by atoms with Gasteiger partial charge in [0.25, 0.3) is 0 Å². The molecular formula is C17H35ClN2O6. The van der Waals surface area contributed by atoms with Gasteiger partial charge in [-0.15, -0.1) is 12.4 Å². The molecule has 9 heteroatoms. The van der Waals surface area contributed by atoms with Crippen LogP contribution in [0.15, 0.2) is 0 Å². The van der Waals surface area contributed by atoms with E-state index >= 15 is 0 Å². The van der Waals surface area contributed by atoms with Gasteiger partial charge in [0.1, 0.15) is 5.60 Å². The number of nitrogens with zero attached hydrogens (tertiary/aromatic N) is 1. The number of carbonyl (C=O) groups excluding carboxylic acids is 3. The van der Waals surface area contributed by atoms with E-state index in [1.54, 1.807) is 7.05 Å². The Hall–Kier alpha value is -1.54. The summed E-state index contributed by atoms with van der Waals surface area (Å²) < 4.78 is 14.1. The predicted molar refractivity (Wildman–Crippen MR) is 103 cm³/mol. The highest BCUT2D eigenvalue weighted by atomic mass is 35.5. The lowest BCUT2D eigenvalue weighted by molar-refractivity contribution is -0.141. The molecule has 0 aromatic rings. The van der Waals surface area contributed by atoms with Crippen LogP contribution in [0.2, 0.25) is 0 Å². The highest BCUT2D eigenvalue weighted by Crippen LogP contribution is 2.09. The van der Waals surface area contributed by atoms with Gasteiger partial charge in [0.15, 0.2) is 0 Å². The van der Waals surface area contributed by atoms with Crippen LogP contribution in [0.25, 0.3) is 0 Å². The molecule has 0 aromatic carbocycles. The predicted octanol–water partition coefficient (Wildman–Crippen LogP) is 2.39. The first-order valence-corrected chi connectivity index (χ1v) is 8.29. The molecule has 26 heavy (non-hydrogen) atoms. The van der Waals surface area contributed by atoms with Crippen LogP contribution in [0.5, 0.6) is 0 Å². The molecule has 0 heterocycles. The van der Waals surface area contributed by atoms with Crippen molar-refractivity contribution in [3.8, 4) is 0 Å². The number of hydrogen-bond acceptors (Lipinski definition) is 7. The third kappa shape index (κ3) is 20.5. The lowest BCUT2D eigenvalue weighted by atomic mass is 10.2. The van der Waals surface area contributed by atoms with Crippen molar-refractivity contribution in [2.24, 2.45) is 0 Å². The molecule has 0 aliphatic rings. The van der Waals surface area contributed by atoms with Crippen molar-refractivity contribution >= 4 is 30.4 Å². The molecule has 156 valence electrons. The molecule has 0 radical (unpaired) electrons. The van der Waals surface area contributed by atoms with Gasteiger partial charge in [-0.3, -0.25) is 9.59 Å². The minimum Gasteiger partial charge on any atom is -0.469 e. The van der Waals surface area contributed by atoms with Gasteiger partial charge in [-0.2, -0.15) is 0 Å². The smallest absolute Gasteiger partial charge is 0.410 e. The van der Waals surface area contributed by atoms with Crippen molar-refractivity contribution < 1.29 is 28.6 Å². The Labute approximate surface area is 163 Å². The van der Waals surface area contributed by atoms with Gasteiger partial charge in [-0.25, -0.2) is 4.79 Å². The molecule has 0 saturated carbocycles. The minimum absolute atomic E-state index is 0. The summed E-state index contributed by atoms with van der Waals surface area (Å²) in [5, 5.41) is 2.94. The molecule has 0 unspecified atom stereocenters. The second kappa shape index (κ2) is 16.9. The monoisotopic (exact) mass is 398 g/mol. The molecular weight excluding hydrogens is 364 g/mol. The number of hydrogen-bond donors (Lipinski definition) is 1. The van der Waals surface area contributed by atoms with E-state index in [2.05, 4.69) is 14.8 Å². The topological polar surface area (TPSA) is 94.2 Å². The molecule has 0 bridgehead atoms. The summed E-state index contributed by atoms with van der Waals surface area (Å²) >= 11 is 0. The zero-order valence-corrected chi connectivity index (χ0v) is 17.9. The van der Waals surface area contributed by atoms with Crippen LogP contribution in [-0.2, 0) is 23.8 Å². The number of carbonyl (C=O) groups is 3. The second-order valence-electron chi connectivity index (χ2n) is 6.36. The van der Waals surface area contributed by atoms with E-state index in [1.165, 1.54) is 19.1 Å². The average Bonchev–Trinajstić information content (AvgIpc) is 2.53. The fourth-order valence-electron chi connectivity index (χ4n) is 1.51. The maximum absolute atomic E-state index is 11.5. The Morgan fingerprint density at radius 1 is 0.962 bits per heavy atom. The summed E-state index contributed by atoms with van der Waals surface area (Å²) in [7, 11) is 6.25. The third-order valence-electron chi connectivity index (χ3n) is 2.84. The van der Waals surface area contributed by atoms with Crippen LogP contribution in [0.4, 0.5) is 4.79 Å². The van der Waals surface area contributed by atoms with E-state index in [4.69, 9.17) is 4.74 Å². The van der Waals surface area contributed by atoms with Gasteiger partial charge in [-0.1, -0.05) is 0 Å². The molecule has 0 fully saturated rings. The molecule has 0 aromatic heterocycles. The van der Waals surface area contributed by atoms with E-state index in [1.807, 2.05) is 27.8 Å². The summed E-state index contributed by atoms with van der Waals surface area (Å²) in [4.78, 5) is 34.2. The molecule has 0 aliphatic heterocycles. The van der Waals surface area contributed by atoms with E-state index in [0.29, 0.717) is 25.8 Å². The fraction of sp³-hybridized carbons (Fsp3) is 0.824. The SMILES string of the molecule is CNCCCC(=O)OC.COC(=O)CCCN(C)C(=O)OC(C)(C)C.Cl. The summed E-state index contributed by atoms with van der Waals surface area (Å²) in [5.74, 6) is -0.400. The van der Waals surface area contributed by atoms with E-state index in [9.17, 15) is 14.4 Å². The van der Waals surface area contributed by atoms with Crippen molar-refractivity contribution in [3.63, 3.8) is 0 Å². The summed E-state index contributed by atoms with van der Waals surface area (Å²) in [6.07, 6.45) is 1.87. The van der Waals surface area contributed by atoms with Crippen molar-refractivity contribution in [1.29, 1.82) is 0 Å². The molecule has 8 nitrogen and oxygen atoms in total. The lowest BCUT2D eigenvalue weighted by Crippen LogP contribution is -2.34. The zero-order valence-electron chi connectivity index (χ0n) is 17.0. The molecule has 0 atom stereocenters. The van der Waals surface area contributed by atoms with Gasteiger partial charge in [0, 0.05) is 26.4 Å². The number of nitrogens with one attached hydrogen (secondary N) is 1. The first-order valence-electron chi connectivity index (χ1n) is 8.29. The van der Waals surface area contributed by atoms with Gasteiger partial charge >= 0.3 is 18.0 Å². The third-order valence-corrected chi connectivity index (χ3v) is 2.84. The highest BCUT2D eigenvalue weighted by molar-refractivity contribution is 5.85. The van der Waals surface area contributed by atoms with Crippen LogP contribution in [-0.4, -0.2) is 69.9 Å². The summed E-state index contributed by atoms with van der Waals surface area (Å²) in [5.41, 5.74) is -0.492. The molecule has 1 amide bonds. The van der Waals surface area contributed by atoms with E-state index in [0.717, 1.165) is 13.0 Å². The standard InChI is InChI=1S/C11H21NO4.C6H13NO2.ClH/c1-11(2,3)16-10(14)12(4)8-6-7-9(13)15-5;1-7-5-3-4-6(8)9-2;/h6-8H2,1-5H3;7H,3-5H2,1-2H3;1H. The lowest BCUT2D eigenvalue weighted by Gasteiger charge is -2.24. The molecule has 0 rings (SSSR count). The van der Waals surface area contributed by atoms with Crippen LogP contribution < -0.4 is 5.32 Å². The Bertz CT molecular complexity index is 399. The summed E-state index contributed by atoms with van der Waals surface area (Å²) in [6.45, 7) is 6.78. The van der Waals surface area contributed by atoms with Gasteiger partial charge in [-0.05, 0) is 47.2 Å². The normalized spacial score (nSPS) is 9.81. The second-order valence-corrected chi connectivity index (χ2v) is 6.36. The van der Waals surface area contributed by atoms with Crippen molar-refractivity contribution in [2.45, 2.75) is 52.1 Å². The van der Waals surface area contributed by atoms with Crippen molar-refractivity contribution in [1.82, 2.24) is 10.2 Å². The van der Waals surface area contributed by atoms with Gasteiger partial charge in [0.05, 0.1) is 14.2 Å². The average molecular weight is 399 g/mol. The number of ether oxygens (including phenoxy) is 3. The molecule has 0 saturated heterocycles. The van der Waals surface area contributed by atoms with Crippen LogP contribution in [0.1, 0.15) is 46.5 Å². The Morgan fingerprint density at radius 3 is 1.81 bits per heavy atom. The first-order chi connectivity index (χ1) is 11.6. The molecule has 1 N–H and O–H groups in total. The van der Waals surface area contributed by atoms with Crippen LogP contribution in [0, 0.1) is 0 Å². The van der Waals surface area contributed by atoms with Crippen molar-refractivity contribution in [2.75, 3.05) is 41.4 Å². The Balaban J connectivity index is -0.000000453. The van der Waals surface area contributed by atoms with E-state index < -0.39 is 5.60 Å². The molecule has 0 aliphatic carbocycles. The van der Waals surface area contributed by atoms with E-state index in [-0.39, 0.29) is 30.4 Å². The molecule has 0 spiro atoms. The van der Waals surface area contributed by atoms with Crippen LogP contribution in [0.3, 0.4) is 0 Å². The van der Waals surface area contributed by atoms with Gasteiger partial charge < -0.3 is 24.4 Å². The number of methoxy groups -OCH3 is 2. The maximum Gasteiger partial charge on any atom is 0.410 e. The Morgan fingerprint density at radius 2 is 1.42 bits per heavy atom. The summed E-state index contributed by atoms with van der Waals surface area (Å²) in [6, 6.07) is 0. The first kappa shape index (κ1) is 29.2. The maximum atomic E-state index is 11.5.